The van der Waals surface area contributed by atoms with E-state index < -0.39 is 21.5 Å². The van der Waals surface area contributed by atoms with Gasteiger partial charge in [0.1, 0.15) is 0 Å². The molecule has 72 valence electrons. The lowest BCUT2D eigenvalue weighted by molar-refractivity contribution is -0.124. The van der Waals surface area contributed by atoms with Gasteiger partial charge in [-0.25, -0.2) is 8.42 Å². The fourth-order valence-electron chi connectivity index (χ4n) is 0.409. The van der Waals surface area contributed by atoms with E-state index in [-0.39, 0.29) is 0 Å². The molecule has 0 aromatic rings. The molecule has 0 rings (SSSR count). The normalized spacial score (nSPS) is 12.7. The minimum absolute atomic E-state index is 0.562. The Morgan fingerprint density at radius 3 is 2.00 bits per heavy atom. The molecule has 0 radical (unpaired) electrons. The van der Waals surface area contributed by atoms with Gasteiger partial charge >= 0.3 is 0 Å². The molecule has 0 aliphatic rings. The van der Waals surface area contributed by atoms with Gasteiger partial charge in [-0.3, -0.25) is 9.52 Å². The first kappa shape index (κ1) is 11.4. The van der Waals surface area contributed by atoms with Crippen LogP contribution in [0.3, 0.4) is 0 Å². The first-order chi connectivity index (χ1) is 5.19. The maximum Gasteiger partial charge on any atom is 0.253 e. The fourth-order valence-corrected chi connectivity index (χ4v) is 1.00. The molecule has 0 fully saturated rings. The van der Waals surface area contributed by atoms with E-state index in [4.69, 9.17) is 0 Å². The summed E-state index contributed by atoms with van der Waals surface area (Å²) in [6.07, 6.45) is 0.941. The highest BCUT2D eigenvalue weighted by molar-refractivity contribution is 7.89. The minimum atomic E-state index is -3.46. The predicted molar refractivity (Wildman–Crippen MR) is 46.1 cm³/mol. The van der Waals surface area contributed by atoms with Crippen LogP contribution in [0.15, 0.2) is 0 Å². The number of nitrogens with one attached hydrogen (secondary N) is 2. The third-order valence-corrected chi connectivity index (χ3v) is 2.03. The molecule has 0 aliphatic carbocycles. The Morgan fingerprint density at radius 1 is 1.33 bits per heavy atom. The zero-order valence-corrected chi connectivity index (χ0v) is 8.45. The van der Waals surface area contributed by atoms with Crippen LogP contribution >= 0.6 is 0 Å². The van der Waals surface area contributed by atoms with Gasteiger partial charge < -0.3 is 5.32 Å². The standard InChI is InChI=1S/C6H14N2O3S/c1-6(2,7-3)5(9)8-12(4,10)11/h7H,1-4H3,(H,8,9). The van der Waals surface area contributed by atoms with E-state index in [1.54, 1.807) is 20.9 Å². The molecule has 0 heterocycles. The van der Waals surface area contributed by atoms with Crippen molar-refractivity contribution < 1.29 is 13.2 Å². The zero-order valence-electron chi connectivity index (χ0n) is 7.63. The fraction of sp³-hybridized carbons (Fsp3) is 0.833. The van der Waals surface area contributed by atoms with E-state index in [1.807, 2.05) is 4.72 Å². The molecular weight excluding hydrogens is 180 g/mol. The molecular formula is C6H14N2O3S. The average Bonchev–Trinajstić information content (AvgIpc) is 1.84. The second-order valence-corrected chi connectivity index (χ2v) is 4.83. The number of carbonyl (C=O) groups excluding carboxylic acids is 1. The van der Waals surface area contributed by atoms with Gasteiger partial charge in [-0.05, 0) is 20.9 Å². The third-order valence-electron chi connectivity index (χ3n) is 1.47. The van der Waals surface area contributed by atoms with Crippen LogP contribution in [0, 0.1) is 0 Å². The zero-order chi connectivity index (χ0) is 9.99. The van der Waals surface area contributed by atoms with Crippen molar-refractivity contribution in [3.8, 4) is 0 Å². The van der Waals surface area contributed by atoms with Gasteiger partial charge in [-0.2, -0.15) is 0 Å². The van der Waals surface area contributed by atoms with E-state index in [0.717, 1.165) is 6.26 Å². The van der Waals surface area contributed by atoms with Crippen LogP contribution in [0.4, 0.5) is 0 Å². The van der Waals surface area contributed by atoms with Crippen LogP contribution in [-0.4, -0.2) is 33.2 Å². The molecule has 6 heteroatoms. The van der Waals surface area contributed by atoms with Gasteiger partial charge in [0.2, 0.25) is 10.0 Å². The van der Waals surface area contributed by atoms with E-state index in [2.05, 4.69) is 5.32 Å². The number of rotatable bonds is 3. The van der Waals surface area contributed by atoms with Crippen molar-refractivity contribution in [2.75, 3.05) is 13.3 Å². The van der Waals surface area contributed by atoms with Crippen LogP contribution in [0.5, 0.6) is 0 Å². The monoisotopic (exact) mass is 194 g/mol. The maximum absolute atomic E-state index is 11.2. The van der Waals surface area contributed by atoms with E-state index >= 15 is 0 Å². The largest absolute Gasteiger partial charge is 0.307 e. The highest BCUT2D eigenvalue weighted by Crippen LogP contribution is 2.00. The molecule has 0 aliphatic heterocycles. The number of hydrogen-bond acceptors (Lipinski definition) is 4. The number of hydrogen-bond donors (Lipinski definition) is 2. The lowest BCUT2D eigenvalue weighted by Crippen LogP contribution is -2.52. The molecule has 0 saturated heterocycles. The Labute approximate surface area is 72.6 Å². The molecule has 12 heavy (non-hydrogen) atoms. The highest BCUT2D eigenvalue weighted by Gasteiger charge is 2.27. The summed E-state index contributed by atoms with van der Waals surface area (Å²) >= 11 is 0. The second-order valence-electron chi connectivity index (χ2n) is 3.08. The van der Waals surface area contributed by atoms with Gasteiger partial charge in [0.15, 0.2) is 0 Å². The Balaban J connectivity index is 4.44. The van der Waals surface area contributed by atoms with E-state index in [9.17, 15) is 13.2 Å². The Bertz CT molecular complexity index is 269. The molecule has 2 N–H and O–H groups in total. The summed E-state index contributed by atoms with van der Waals surface area (Å²) in [6.45, 7) is 3.18. The molecule has 1 amide bonds. The number of amides is 1. The molecule has 0 aromatic heterocycles. The molecule has 0 bridgehead atoms. The summed E-state index contributed by atoms with van der Waals surface area (Å²) < 4.78 is 23.2. The van der Waals surface area contributed by atoms with Crippen LogP contribution in [0.2, 0.25) is 0 Å². The Morgan fingerprint density at radius 2 is 1.75 bits per heavy atom. The number of likely N-dealkylation sites (N-methyl/N-ethyl adjacent to an activating group) is 1. The van der Waals surface area contributed by atoms with Crippen molar-refractivity contribution in [2.45, 2.75) is 19.4 Å². The van der Waals surface area contributed by atoms with Gasteiger partial charge in [0.25, 0.3) is 5.91 Å². The first-order valence-corrected chi connectivity index (χ1v) is 5.29. The highest BCUT2D eigenvalue weighted by atomic mass is 32.2. The molecule has 0 unspecified atom stereocenters. The quantitative estimate of drug-likeness (QED) is 0.608. The summed E-state index contributed by atoms with van der Waals surface area (Å²) in [7, 11) is -1.87. The van der Waals surface area contributed by atoms with Crippen LogP contribution in [-0.2, 0) is 14.8 Å². The Kier molecular flexibility index (Phi) is 3.23. The van der Waals surface area contributed by atoms with E-state index in [1.165, 1.54) is 0 Å². The van der Waals surface area contributed by atoms with Crippen LogP contribution < -0.4 is 10.0 Å². The van der Waals surface area contributed by atoms with Crippen LogP contribution in [0.25, 0.3) is 0 Å². The average molecular weight is 194 g/mol. The topological polar surface area (TPSA) is 75.3 Å². The summed E-state index contributed by atoms with van der Waals surface area (Å²) in [4.78, 5) is 11.2. The Hall–Kier alpha value is -0.620. The van der Waals surface area contributed by atoms with Crippen molar-refractivity contribution in [1.82, 2.24) is 10.0 Å². The molecule has 0 saturated carbocycles. The van der Waals surface area contributed by atoms with Crippen molar-refractivity contribution in [1.29, 1.82) is 0 Å². The van der Waals surface area contributed by atoms with Crippen molar-refractivity contribution in [3.63, 3.8) is 0 Å². The maximum atomic E-state index is 11.2. The van der Waals surface area contributed by atoms with Crippen molar-refractivity contribution >= 4 is 15.9 Å². The minimum Gasteiger partial charge on any atom is -0.307 e. The van der Waals surface area contributed by atoms with Crippen LogP contribution in [0.1, 0.15) is 13.8 Å². The first-order valence-electron chi connectivity index (χ1n) is 3.40. The van der Waals surface area contributed by atoms with Gasteiger partial charge in [0, 0.05) is 0 Å². The summed E-state index contributed by atoms with van der Waals surface area (Å²) in [5.74, 6) is -0.562. The van der Waals surface area contributed by atoms with Gasteiger partial charge in [0.05, 0.1) is 11.8 Å². The van der Waals surface area contributed by atoms with Gasteiger partial charge in [-0.15, -0.1) is 0 Å². The summed E-state index contributed by atoms with van der Waals surface area (Å²) in [6, 6.07) is 0. The van der Waals surface area contributed by atoms with E-state index in [0.29, 0.717) is 0 Å². The molecule has 0 spiro atoms. The smallest absolute Gasteiger partial charge is 0.253 e. The van der Waals surface area contributed by atoms with Crippen molar-refractivity contribution in [2.24, 2.45) is 0 Å². The third kappa shape index (κ3) is 3.68. The summed E-state index contributed by atoms with van der Waals surface area (Å²) in [5, 5.41) is 2.69. The number of sulfonamides is 1. The lowest BCUT2D eigenvalue weighted by atomic mass is 10.1. The van der Waals surface area contributed by atoms with Gasteiger partial charge in [-0.1, -0.05) is 0 Å². The summed E-state index contributed by atoms with van der Waals surface area (Å²) in [5.41, 5.74) is -0.872. The second kappa shape index (κ2) is 3.40. The molecule has 5 nitrogen and oxygen atoms in total. The predicted octanol–water partition coefficient (Wildman–Crippen LogP) is -0.940. The molecule has 0 aromatic carbocycles. The lowest BCUT2D eigenvalue weighted by Gasteiger charge is -2.21. The number of carbonyl (C=O) groups is 1. The SMILES string of the molecule is CNC(C)(C)C(=O)NS(C)(=O)=O. The van der Waals surface area contributed by atoms with Crippen molar-refractivity contribution in [3.05, 3.63) is 0 Å². The molecule has 0 atom stereocenters.